The first-order chi connectivity index (χ1) is 9.29. The molecule has 0 bridgehead atoms. The standard InChI is InChI=1S/C14H21N5/c1-3-6-16-13(9-12-4-7-15-8-5-12)10-14-17-11-18-19(14)2/h4-5,7-8,11,13,16H,3,6,9-10H2,1-2H3. The molecule has 0 aliphatic carbocycles. The van der Waals surface area contributed by atoms with Crippen molar-refractivity contribution in [2.45, 2.75) is 32.2 Å². The molecule has 0 aliphatic rings. The van der Waals surface area contributed by atoms with Gasteiger partial charge in [0, 0.05) is 31.9 Å². The zero-order valence-corrected chi connectivity index (χ0v) is 11.6. The molecule has 102 valence electrons. The van der Waals surface area contributed by atoms with E-state index in [2.05, 4.69) is 39.4 Å². The van der Waals surface area contributed by atoms with E-state index >= 15 is 0 Å². The summed E-state index contributed by atoms with van der Waals surface area (Å²) in [6, 6.07) is 4.51. The van der Waals surface area contributed by atoms with Crippen LogP contribution in [0.15, 0.2) is 30.9 Å². The highest BCUT2D eigenvalue weighted by Crippen LogP contribution is 2.06. The molecule has 0 radical (unpaired) electrons. The number of aryl methyl sites for hydroxylation is 1. The van der Waals surface area contributed by atoms with Gasteiger partial charge in [0.05, 0.1) is 0 Å². The Hall–Kier alpha value is -1.75. The molecule has 2 rings (SSSR count). The molecule has 0 spiro atoms. The zero-order valence-electron chi connectivity index (χ0n) is 11.6. The van der Waals surface area contributed by atoms with E-state index in [-0.39, 0.29) is 0 Å². The molecule has 2 aromatic rings. The highest BCUT2D eigenvalue weighted by Gasteiger charge is 2.12. The molecule has 5 heteroatoms. The number of nitrogens with one attached hydrogen (secondary N) is 1. The summed E-state index contributed by atoms with van der Waals surface area (Å²) in [4.78, 5) is 8.36. The van der Waals surface area contributed by atoms with E-state index in [9.17, 15) is 0 Å². The van der Waals surface area contributed by atoms with E-state index in [1.807, 2.05) is 24.1 Å². The number of aromatic nitrogens is 4. The average Bonchev–Trinajstić information content (AvgIpc) is 2.83. The van der Waals surface area contributed by atoms with Crippen LogP contribution in [0.2, 0.25) is 0 Å². The minimum Gasteiger partial charge on any atom is -0.313 e. The van der Waals surface area contributed by atoms with Crippen molar-refractivity contribution in [1.29, 1.82) is 0 Å². The molecule has 0 aliphatic heterocycles. The molecule has 2 heterocycles. The fraction of sp³-hybridized carbons (Fsp3) is 0.500. The summed E-state index contributed by atoms with van der Waals surface area (Å²) in [5, 5.41) is 7.71. The summed E-state index contributed by atoms with van der Waals surface area (Å²) < 4.78 is 1.84. The number of pyridine rings is 1. The van der Waals surface area contributed by atoms with Crippen LogP contribution in [0.5, 0.6) is 0 Å². The lowest BCUT2D eigenvalue weighted by Crippen LogP contribution is -2.34. The second kappa shape index (κ2) is 6.99. The third-order valence-electron chi connectivity index (χ3n) is 3.15. The number of hydrogen-bond donors (Lipinski definition) is 1. The third-order valence-corrected chi connectivity index (χ3v) is 3.15. The van der Waals surface area contributed by atoms with Crippen molar-refractivity contribution < 1.29 is 0 Å². The molecule has 1 unspecified atom stereocenters. The Morgan fingerprint density at radius 2 is 2.05 bits per heavy atom. The molecular formula is C14H21N5. The first kappa shape index (κ1) is 13.7. The largest absolute Gasteiger partial charge is 0.313 e. The molecule has 0 aromatic carbocycles. The van der Waals surface area contributed by atoms with Crippen LogP contribution in [0.1, 0.15) is 24.7 Å². The van der Waals surface area contributed by atoms with Gasteiger partial charge in [0.2, 0.25) is 0 Å². The van der Waals surface area contributed by atoms with Crippen LogP contribution in [0.25, 0.3) is 0 Å². The Bertz CT molecular complexity index is 480. The normalized spacial score (nSPS) is 12.5. The van der Waals surface area contributed by atoms with E-state index in [0.717, 1.165) is 31.6 Å². The second-order valence-electron chi connectivity index (χ2n) is 4.71. The minimum atomic E-state index is 0.380. The Labute approximate surface area is 114 Å². The quantitative estimate of drug-likeness (QED) is 0.816. The van der Waals surface area contributed by atoms with Crippen molar-refractivity contribution in [3.8, 4) is 0 Å². The predicted octanol–water partition coefficient (Wildman–Crippen LogP) is 1.36. The highest BCUT2D eigenvalue weighted by molar-refractivity contribution is 5.12. The first-order valence-corrected chi connectivity index (χ1v) is 6.74. The summed E-state index contributed by atoms with van der Waals surface area (Å²) in [7, 11) is 1.94. The van der Waals surface area contributed by atoms with Crippen molar-refractivity contribution >= 4 is 0 Å². The number of rotatable bonds is 7. The molecule has 0 fully saturated rings. The highest BCUT2D eigenvalue weighted by atomic mass is 15.3. The Morgan fingerprint density at radius 1 is 1.26 bits per heavy atom. The van der Waals surface area contributed by atoms with Crippen LogP contribution in [-0.2, 0) is 19.9 Å². The second-order valence-corrected chi connectivity index (χ2v) is 4.71. The molecule has 0 amide bonds. The molecule has 0 saturated carbocycles. The lowest BCUT2D eigenvalue weighted by atomic mass is 10.0. The summed E-state index contributed by atoms with van der Waals surface area (Å²) >= 11 is 0. The van der Waals surface area contributed by atoms with Gasteiger partial charge in [-0.2, -0.15) is 5.10 Å². The maximum atomic E-state index is 4.30. The number of nitrogens with zero attached hydrogens (tertiary/aromatic N) is 4. The lowest BCUT2D eigenvalue weighted by Gasteiger charge is -2.18. The average molecular weight is 259 g/mol. The predicted molar refractivity (Wildman–Crippen MR) is 74.7 cm³/mol. The van der Waals surface area contributed by atoms with Crippen molar-refractivity contribution in [2.24, 2.45) is 7.05 Å². The third kappa shape index (κ3) is 4.13. The Kier molecular flexibility index (Phi) is 5.03. The van der Waals surface area contributed by atoms with Gasteiger partial charge in [-0.1, -0.05) is 6.92 Å². The van der Waals surface area contributed by atoms with E-state index in [1.54, 1.807) is 6.33 Å². The maximum Gasteiger partial charge on any atom is 0.138 e. The van der Waals surface area contributed by atoms with Crippen LogP contribution in [0, 0.1) is 0 Å². The van der Waals surface area contributed by atoms with Crippen molar-refractivity contribution in [2.75, 3.05) is 6.54 Å². The van der Waals surface area contributed by atoms with Gasteiger partial charge in [0.1, 0.15) is 12.2 Å². The van der Waals surface area contributed by atoms with Gasteiger partial charge in [-0.05, 0) is 37.1 Å². The fourth-order valence-corrected chi connectivity index (χ4v) is 2.09. The van der Waals surface area contributed by atoms with Crippen LogP contribution >= 0.6 is 0 Å². The van der Waals surface area contributed by atoms with Crippen LogP contribution in [0.4, 0.5) is 0 Å². The minimum absolute atomic E-state index is 0.380. The van der Waals surface area contributed by atoms with Gasteiger partial charge in [0.25, 0.3) is 0 Å². The van der Waals surface area contributed by atoms with Crippen LogP contribution < -0.4 is 5.32 Å². The van der Waals surface area contributed by atoms with E-state index in [0.29, 0.717) is 6.04 Å². The van der Waals surface area contributed by atoms with E-state index < -0.39 is 0 Å². The summed E-state index contributed by atoms with van der Waals surface area (Å²) in [5.74, 6) is 1.02. The molecule has 19 heavy (non-hydrogen) atoms. The smallest absolute Gasteiger partial charge is 0.138 e. The molecule has 2 aromatic heterocycles. The van der Waals surface area contributed by atoms with Crippen molar-refractivity contribution in [1.82, 2.24) is 25.1 Å². The van der Waals surface area contributed by atoms with Crippen molar-refractivity contribution in [3.63, 3.8) is 0 Å². The van der Waals surface area contributed by atoms with E-state index in [1.165, 1.54) is 5.56 Å². The van der Waals surface area contributed by atoms with Crippen LogP contribution in [-0.4, -0.2) is 32.3 Å². The van der Waals surface area contributed by atoms with E-state index in [4.69, 9.17) is 0 Å². The Balaban J connectivity index is 2.01. The lowest BCUT2D eigenvalue weighted by molar-refractivity contribution is 0.485. The van der Waals surface area contributed by atoms with Gasteiger partial charge < -0.3 is 5.32 Å². The van der Waals surface area contributed by atoms with Gasteiger partial charge in [-0.3, -0.25) is 9.67 Å². The van der Waals surface area contributed by atoms with Gasteiger partial charge in [-0.25, -0.2) is 4.98 Å². The van der Waals surface area contributed by atoms with Gasteiger partial charge in [0.15, 0.2) is 0 Å². The van der Waals surface area contributed by atoms with Gasteiger partial charge in [-0.15, -0.1) is 0 Å². The van der Waals surface area contributed by atoms with Crippen LogP contribution in [0.3, 0.4) is 0 Å². The first-order valence-electron chi connectivity index (χ1n) is 6.74. The fourth-order valence-electron chi connectivity index (χ4n) is 2.09. The molecule has 1 atom stereocenters. The monoisotopic (exact) mass is 259 g/mol. The van der Waals surface area contributed by atoms with Gasteiger partial charge >= 0.3 is 0 Å². The molecular weight excluding hydrogens is 238 g/mol. The maximum absolute atomic E-state index is 4.30. The number of hydrogen-bond acceptors (Lipinski definition) is 4. The summed E-state index contributed by atoms with van der Waals surface area (Å²) in [6.07, 6.45) is 8.29. The SMILES string of the molecule is CCCNC(Cc1ccncc1)Cc1ncnn1C. The van der Waals surface area contributed by atoms with Crippen molar-refractivity contribution in [3.05, 3.63) is 42.2 Å². The summed E-state index contributed by atoms with van der Waals surface area (Å²) in [6.45, 7) is 3.20. The molecule has 5 nitrogen and oxygen atoms in total. The topological polar surface area (TPSA) is 55.6 Å². The molecule has 1 N–H and O–H groups in total. The molecule has 0 saturated heterocycles. The Morgan fingerprint density at radius 3 is 2.68 bits per heavy atom. The zero-order chi connectivity index (χ0) is 13.5. The summed E-state index contributed by atoms with van der Waals surface area (Å²) in [5.41, 5.74) is 1.30.